The van der Waals surface area contributed by atoms with Crippen LogP contribution in [0.2, 0.25) is 0 Å². The molecule has 1 heterocycles. The highest BCUT2D eigenvalue weighted by molar-refractivity contribution is 7.89. The van der Waals surface area contributed by atoms with Gasteiger partial charge in [-0.2, -0.15) is 0 Å². The van der Waals surface area contributed by atoms with Gasteiger partial charge in [0.25, 0.3) is 10.0 Å². The van der Waals surface area contributed by atoms with Crippen LogP contribution < -0.4 is 9.62 Å². The van der Waals surface area contributed by atoms with Crippen LogP contribution in [0.25, 0.3) is 0 Å². The summed E-state index contributed by atoms with van der Waals surface area (Å²) in [6.45, 7) is 3.60. The molecule has 2 rings (SSSR count). The maximum atomic E-state index is 12.5. The summed E-state index contributed by atoms with van der Waals surface area (Å²) < 4.78 is 29.3. The second-order valence-electron chi connectivity index (χ2n) is 5.53. The van der Waals surface area contributed by atoms with Gasteiger partial charge in [-0.25, -0.2) is 18.1 Å². The Morgan fingerprint density at radius 2 is 1.91 bits per heavy atom. The molecule has 6 nitrogen and oxygen atoms in total. The summed E-state index contributed by atoms with van der Waals surface area (Å²) in [5, 5.41) is 0.0432. The van der Waals surface area contributed by atoms with E-state index in [4.69, 9.17) is 0 Å². The minimum atomic E-state index is -3.65. The van der Waals surface area contributed by atoms with E-state index in [0.717, 1.165) is 11.3 Å². The van der Waals surface area contributed by atoms with E-state index in [9.17, 15) is 8.42 Å². The fourth-order valence-electron chi connectivity index (χ4n) is 2.27. The van der Waals surface area contributed by atoms with Gasteiger partial charge in [0.05, 0.1) is 0 Å². The Morgan fingerprint density at radius 1 is 1.27 bits per heavy atom. The van der Waals surface area contributed by atoms with Crippen molar-refractivity contribution in [1.29, 1.82) is 0 Å². The van der Waals surface area contributed by atoms with Crippen molar-refractivity contribution in [3.05, 3.63) is 41.9 Å². The first kappa shape index (κ1) is 16.5. The van der Waals surface area contributed by atoms with Crippen LogP contribution in [0.15, 0.2) is 35.5 Å². The van der Waals surface area contributed by atoms with Crippen LogP contribution in [-0.4, -0.2) is 32.1 Å². The van der Waals surface area contributed by atoms with Crippen LogP contribution in [0.5, 0.6) is 0 Å². The third-order valence-corrected chi connectivity index (χ3v) is 4.99. The topological polar surface area (TPSA) is 67.2 Å². The second-order valence-corrected chi connectivity index (χ2v) is 7.19. The number of imidazole rings is 1. The molecular formula is C15H22N4O2S. The number of hydrogen-bond donors (Lipinski definition) is 1. The van der Waals surface area contributed by atoms with Crippen LogP contribution in [0.3, 0.4) is 0 Å². The lowest BCUT2D eigenvalue weighted by molar-refractivity contribution is 0.563. The first-order chi connectivity index (χ1) is 10.2. The summed E-state index contributed by atoms with van der Waals surface area (Å²) in [7, 11) is 1.98. The van der Waals surface area contributed by atoms with E-state index < -0.39 is 10.0 Å². The van der Waals surface area contributed by atoms with Crippen molar-refractivity contribution in [2.75, 3.05) is 19.0 Å². The Morgan fingerprint density at radius 3 is 2.45 bits per heavy atom. The molecule has 1 N–H and O–H groups in total. The van der Waals surface area contributed by atoms with E-state index in [-0.39, 0.29) is 11.1 Å². The largest absolute Gasteiger partial charge is 0.377 e. The molecule has 1 atom stereocenters. The Hall–Kier alpha value is -1.86. The average Bonchev–Trinajstić information content (AvgIpc) is 2.79. The van der Waals surface area contributed by atoms with Gasteiger partial charge in [-0.15, -0.1) is 0 Å². The average molecular weight is 322 g/mol. The van der Waals surface area contributed by atoms with Gasteiger partial charge < -0.3 is 9.47 Å². The zero-order chi connectivity index (χ0) is 16.5. The Balaban J connectivity index is 2.30. The van der Waals surface area contributed by atoms with E-state index in [0.29, 0.717) is 5.82 Å². The molecule has 1 unspecified atom stereocenters. The number of aryl methyl sites for hydroxylation is 2. The minimum absolute atomic E-state index is 0.0432. The second kappa shape index (κ2) is 6.10. The molecule has 22 heavy (non-hydrogen) atoms. The lowest BCUT2D eigenvalue weighted by Gasteiger charge is -2.22. The van der Waals surface area contributed by atoms with Gasteiger partial charge in [-0.3, -0.25) is 0 Å². The maximum absolute atomic E-state index is 12.5. The van der Waals surface area contributed by atoms with E-state index in [1.807, 2.05) is 50.2 Å². The van der Waals surface area contributed by atoms with Crippen molar-refractivity contribution in [2.45, 2.75) is 24.9 Å². The van der Waals surface area contributed by atoms with Crippen LogP contribution >= 0.6 is 0 Å². The summed E-state index contributed by atoms with van der Waals surface area (Å²) in [4.78, 5) is 6.05. The van der Waals surface area contributed by atoms with Crippen molar-refractivity contribution in [3.8, 4) is 0 Å². The van der Waals surface area contributed by atoms with Crippen LogP contribution in [0.1, 0.15) is 24.4 Å². The molecule has 0 aliphatic carbocycles. The number of nitrogens with zero attached hydrogens (tertiary/aromatic N) is 3. The minimum Gasteiger partial charge on any atom is -0.377 e. The number of rotatable bonds is 5. The summed E-state index contributed by atoms with van der Waals surface area (Å²) >= 11 is 0. The molecule has 1 aromatic carbocycles. The summed E-state index contributed by atoms with van der Waals surface area (Å²) in [6, 6.07) is 7.36. The van der Waals surface area contributed by atoms with Crippen LogP contribution in [0.4, 0.5) is 5.69 Å². The van der Waals surface area contributed by atoms with Crippen molar-refractivity contribution in [1.82, 2.24) is 14.3 Å². The number of aromatic nitrogens is 2. The van der Waals surface area contributed by atoms with Gasteiger partial charge in [-0.05, 0) is 25.5 Å². The SMILES string of the molecule is Cc1nc(S(=O)(=O)NC(C)c2ccccc2N(C)C)cn1C. The summed E-state index contributed by atoms with van der Waals surface area (Å²) in [6.07, 6.45) is 1.52. The van der Waals surface area contributed by atoms with Crippen LogP contribution in [0, 0.1) is 6.92 Å². The molecular weight excluding hydrogens is 300 g/mol. The van der Waals surface area contributed by atoms with E-state index in [1.54, 1.807) is 18.5 Å². The van der Waals surface area contributed by atoms with Gasteiger partial charge >= 0.3 is 0 Å². The molecule has 1 aromatic heterocycles. The molecule has 0 spiro atoms. The lowest BCUT2D eigenvalue weighted by Crippen LogP contribution is -2.28. The number of benzene rings is 1. The fraction of sp³-hybridized carbons (Fsp3) is 0.400. The molecule has 0 fully saturated rings. The van der Waals surface area contributed by atoms with E-state index in [1.165, 1.54) is 6.20 Å². The van der Waals surface area contributed by atoms with E-state index in [2.05, 4.69) is 9.71 Å². The van der Waals surface area contributed by atoms with E-state index >= 15 is 0 Å². The quantitative estimate of drug-likeness (QED) is 0.912. The predicted octanol–water partition coefficient (Wildman–Crippen LogP) is 1.83. The molecule has 0 aliphatic heterocycles. The Bertz CT molecular complexity index is 746. The highest BCUT2D eigenvalue weighted by Crippen LogP contribution is 2.25. The molecule has 0 saturated heterocycles. The normalized spacial score (nSPS) is 13.1. The third-order valence-electron chi connectivity index (χ3n) is 3.58. The van der Waals surface area contributed by atoms with Gasteiger partial charge in [0, 0.05) is 39.1 Å². The molecule has 0 bridgehead atoms. The van der Waals surface area contributed by atoms with Gasteiger partial charge in [0.1, 0.15) is 5.82 Å². The van der Waals surface area contributed by atoms with Crippen molar-refractivity contribution >= 4 is 15.7 Å². The fourth-order valence-corrected chi connectivity index (χ4v) is 3.54. The summed E-state index contributed by atoms with van der Waals surface area (Å²) in [5.74, 6) is 0.654. The standard InChI is InChI=1S/C15H22N4O2S/c1-11(13-8-6-7-9-14(13)18(3)4)17-22(20,21)15-10-19(5)12(2)16-15/h6-11,17H,1-5H3. The Kier molecular flexibility index (Phi) is 4.58. The molecule has 0 amide bonds. The van der Waals surface area contributed by atoms with Crippen molar-refractivity contribution in [3.63, 3.8) is 0 Å². The first-order valence-corrected chi connectivity index (χ1v) is 8.49. The smallest absolute Gasteiger partial charge is 0.260 e. The van der Waals surface area contributed by atoms with Crippen molar-refractivity contribution < 1.29 is 8.42 Å². The predicted molar refractivity (Wildman–Crippen MR) is 87.5 cm³/mol. The molecule has 120 valence electrons. The summed E-state index contributed by atoms with van der Waals surface area (Å²) in [5.41, 5.74) is 1.90. The Labute approximate surface area is 131 Å². The monoisotopic (exact) mass is 322 g/mol. The zero-order valence-electron chi connectivity index (χ0n) is 13.5. The number of hydrogen-bond acceptors (Lipinski definition) is 4. The number of nitrogens with one attached hydrogen (secondary N) is 1. The van der Waals surface area contributed by atoms with Gasteiger partial charge in [-0.1, -0.05) is 18.2 Å². The molecule has 0 radical (unpaired) electrons. The van der Waals surface area contributed by atoms with Crippen molar-refractivity contribution in [2.24, 2.45) is 7.05 Å². The van der Waals surface area contributed by atoms with Crippen LogP contribution in [-0.2, 0) is 17.1 Å². The number of sulfonamides is 1. The van der Waals surface area contributed by atoms with Gasteiger partial charge in [0.15, 0.2) is 5.03 Å². The highest BCUT2D eigenvalue weighted by Gasteiger charge is 2.23. The number of para-hydroxylation sites is 1. The highest BCUT2D eigenvalue weighted by atomic mass is 32.2. The lowest BCUT2D eigenvalue weighted by atomic mass is 10.1. The molecule has 0 saturated carbocycles. The zero-order valence-corrected chi connectivity index (χ0v) is 14.3. The van der Waals surface area contributed by atoms with Gasteiger partial charge in [0.2, 0.25) is 0 Å². The first-order valence-electron chi connectivity index (χ1n) is 7.01. The molecule has 7 heteroatoms. The molecule has 2 aromatic rings. The third kappa shape index (κ3) is 3.31. The number of anilines is 1. The molecule has 0 aliphatic rings. The maximum Gasteiger partial charge on any atom is 0.260 e.